The minimum atomic E-state index is -0.246. The summed E-state index contributed by atoms with van der Waals surface area (Å²) in [6.07, 6.45) is 4.16. The summed E-state index contributed by atoms with van der Waals surface area (Å²) in [5, 5.41) is 0.701. The molecule has 0 aliphatic carbocycles. The molecule has 0 amide bonds. The fourth-order valence-corrected chi connectivity index (χ4v) is 2.36. The van der Waals surface area contributed by atoms with Crippen LogP contribution in [0.1, 0.15) is 23.0 Å². The van der Waals surface area contributed by atoms with E-state index in [2.05, 4.69) is 25.9 Å². The first kappa shape index (κ1) is 13.5. The van der Waals surface area contributed by atoms with Gasteiger partial charge in [0.25, 0.3) is 0 Å². The van der Waals surface area contributed by atoms with E-state index in [4.69, 9.17) is 17.3 Å². The summed E-state index contributed by atoms with van der Waals surface area (Å²) in [6, 6.07) is 5.52. The number of aromatic nitrogens is 2. The lowest BCUT2D eigenvalue weighted by atomic mass is 10.1. The molecule has 0 saturated heterocycles. The largest absolute Gasteiger partial charge is 0.321 e. The Kier molecular flexibility index (Phi) is 4.32. The van der Waals surface area contributed by atoms with Gasteiger partial charge in [-0.15, -0.1) is 0 Å². The predicted octanol–water partition coefficient (Wildman–Crippen LogP) is 3.44. The van der Waals surface area contributed by atoms with Crippen molar-refractivity contribution in [2.24, 2.45) is 5.73 Å². The molecule has 1 unspecified atom stereocenters. The summed E-state index contributed by atoms with van der Waals surface area (Å²) < 4.78 is 0.955. The van der Waals surface area contributed by atoms with E-state index < -0.39 is 0 Å². The maximum atomic E-state index is 6.16. The molecule has 94 valence electrons. The fraction of sp³-hybridized carbons (Fsp3) is 0.231. The van der Waals surface area contributed by atoms with Crippen molar-refractivity contribution in [3.05, 3.63) is 57.0 Å². The second-order valence-electron chi connectivity index (χ2n) is 4.16. The van der Waals surface area contributed by atoms with E-state index in [0.717, 1.165) is 15.6 Å². The Morgan fingerprint density at radius 2 is 2.00 bits per heavy atom. The quantitative estimate of drug-likeness (QED) is 0.940. The highest BCUT2D eigenvalue weighted by Gasteiger charge is 2.12. The number of hydrogen-bond donors (Lipinski definition) is 1. The van der Waals surface area contributed by atoms with Crippen molar-refractivity contribution < 1.29 is 0 Å². The molecule has 0 spiro atoms. The molecule has 3 nitrogen and oxygen atoms in total. The van der Waals surface area contributed by atoms with Gasteiger partial charge >= 0.3 is 0 Å². The number of nitrogens with zero attached hydrogens (tertiary/aromatic N) is 2. The second-order valence-corrected chi connectivity index (χ2v) is 5.49. The van der Waals surface area contributed by atoms with E-state index in [-0.39, 0.29) is 6.04 Å². The molecule has 0 radical (unpaired) electrons. The van der Waals surface area contributed by atoms with Crippen LogP contribution in [0, 0.1) is 6.92 Å². The Morgan fingerprint density at radius 1 is 1.33 bits per heavy atom. The van der Waals surface area contributed by atoms with Crippen LogP contribution in [0.15, 0.2) is 35.1 Å². The highest BCUT2D eigenvalue weighted by atomic mass is 79.9. The van der Waals surface area contributed by atoms with Crippen molar-refractivity contribution in [2.75, 3.05) is 0 Å². The van der Waals surface area contributed by atoms with Crippen LogP contribution in [-0.4, -0.2) is 9.97 Å². The van der Waals surface area contributed by atoms with Gasteiger partial charge in [0.2, 0.25) is 0 Å². The lowest BCUT2D eigenvalue weighted by Crippen LogP contribution is -2.16. The average Bonchev–Trinajstić information content (AvgIpc) is 2.33. The second kappa shape index (κ2) is 5.78. The van der Waals surface area contributed by atoms with Crippen LogP contribution in [-0.2, 0) is 6.42 Å². The van der Waals surface area contributed by atoms with Crippen LogP contribution in [0.3, 0.4) is 0 Å². The van der Waals surface area contributed by atoms with Crippen LogP contribution >= 0.6 is 27.5 Å². The van der Waals surface area contributed by atoms with Gasteiger partial charge in [-0.2, -0.15) is 0 Å². The number of halogens is 2. The van der Waals surface area contributed by atoms with Gasteiger partial charge in [-0.1, -0.05) is 33.6 Å². The van der Waals surface area contributed by atoms with Crippen molar-refractivity contribution in [1.29, 1.82) is 0 Å². The monoisotopic (exact) mass is 325 g/mol. The van der Waals surface area contributed by atoms with Crippen LogP contribution in [0.2, 0.25) is 5.02 Å². The van der Waals surface area contributed by atoms with Crippen LogP contribution in [0.5, 0.6) is 0 Å². The zero-order chi connectivity index (χ0) is 13.1. The van der Waals surface area contributed by atoms with Crippen LogP contribution < -0.4 is 5.73 Å². The number of aryl methyl sites for hydroxylation is 1. The van der Waals surface area contributed by atoms with Crippen molar-refractivity contribution in [1.82, 2.24) is 9.97 Å². The van der Waals surface area contributed by atoms with Gasteiger partial charge in [0.15, 0.2) is 0 Å². The first-order chi connectivity index (χ1) is 8.56. The van der Waals surface area contributed by atoms with E-state index in [0.29, 0.717) is 17.3 Å². The predicted molar refractivity (Wildman–Crippen MR) is 76.6 cm³/mol. The standard InChI is InChI=1S/C13H13BrClN3/c1-8-6-17-13(18-7-8)12(16)4-9-2-3-10(14)5-11(9)15/h2-3,5-7,12H,4,16H2,1H3. The van der Waals surface area contributed by atoms with Gasteiger partial charge in [0.05, 0.1) is 6.04 Å². The zero-order valence-electron chi connectivity index (χ0n) is 9.90. The van der Waals surface area contributed by atoms with E-state index in [1.165, 1.54) is 0 Å². The zero-order valence-corrected chi connectivity index (χ0v) is 12.2. The van der Waals surface area contributed by atoms with Crippen molar-refractivity contribution >= 4 is 27.5 Å². The Hall–Kier alpha value is -0.970. The van der Waals surface area contributed by atoms with Gasteiger partial charge in [-0.3, -0.25) is 0 Å². The summed E-state index contributed by atoms with van der Waals surface area (Å²) >= 11 is 9.53. The lowest BCUT2D eigenvalue weighted by Gasteiger charge is -2.11. The highest BCUT2D eigenvalue weighted by Crippen LogP contribution is 2.24. The van der Waals surface area contributed by atoms with Gasteiger partial charge in [-0.25, -0.2) is 9.97 Å². The highest BCUT2D eigenvalue weighted by molar-refractivity contribution is 9.10. The fourth-order valence-electron chi connectivity index (χ4n) is 1.61. The first-order valence-corrected chi connectivity index (χ1v) is 6.71. The third kappa shape index (κ3) is 3.28. The smallest absolute Gasteiger partial charge is 0.145 e. The maximum absolute atomic E-state index is 6.16. The van der Waals surface area contributed by atoms with Gasteiger partial charge in [-0.05, 0) is 36.6 Å². The molecule has 0 fully saturated rings. The maximum Gasteiger partial charge on any atom is 0.145 e. The average molecular weight is 327 g/mol. The number of hydrogen-bond acceptors (Lipinski definition) is 3. The van der Waals surface area contributed by atoms with Crippen molar-refractivity contribution in [3.63, 3.8) is 0 Å². The molecule has 18 heavy (non-hydrogen) atoms. The number of nitrogens with two attached hydrogens (primary N) is 1. The molecule has 1 atom stereocenters. The number of benzene rings is 1. The molecular formula is C13H13BrClN3. The molecule has 0 saturated carbocycles. The summed E-state index contributed by atoms with van der Waals surface area (Å²) in [5.41, 5.74) is 8.11. The normalized spacial score (nSPS) is 12.4. The molecular weight excluding hydrogens is 314 g/mol. The van der Waals surface area contributed by atoms with E-state index in [1.54, 1.807) is 12.4 Å². The molecule has 2 aromatic rings. The van der Waals surface area contributed by atoms with Gasteiger partial charge < -0.3 is 5.73 Å². The molecule has 0 bridgehead atoms. The van der Waals surface area contributed by atoms with Crippen LogP contribution in [0.25, 0.3) is 0 Å². The summed E-state index contributed by atoms with van der Waals surface area (Å²) in [6.45, 7) is 1.95. The molecule has 1 heterocycles. The summed E-state index contributed by atoms with van der Waals surface area (Å²) in [5.74, 6) is 0.639. The van der Waals surface area contributed by atoms with E-state index in [9.17, 15) is 0 Å². The van der Waals surface area contributed by atoms with Crippen LogP contribution in [0.4, 0.5) is 0 Å². The third-order valence-corrected chi connectivity index (χ3v) is 3.43. The van der Waals surface area contributed by atoms with E-state index in [1.807, 2.05) is 25.1 Å². The molecule has 1 aromatic carbocycles. The van der Waals surface area contributed by atoms with E-state index >= 15 is 0 Å². The molecule has 0 aliphatic rings. The molecule has 5 heteroatoms. The Balaban J connectivity index is 2.15. The Bertz CT molecular complexity index is 542. The lowest BCUT2D eigenvalue weighted by molar-refractivity contribution is 0.665. The van der Waals surface area contributed by atoms with Gasteiger partial charge in [0.1, 0.15) is 5.82 Å². The van der Waals surface area contributed by atoms with Crippen molar-refractivity contribution in [3.8, 4) is 0 Å². The summed E-state index contributed by atoms with van der Waals surface area (Å²) in [7, 11) is 0. The summed E-state index contributed by atoms with van der Waals surface area (Å²) in [4.78, 5) is 8.47. The van der Waals surface area contributed by atoms with Gasteiger partial charge in [0, 0.05) is 21.9 Å². The minimum Gasteiger partial charge on any atom is -0.321 e. The number of rotatable bonds is 3. The Morgan fingerprint density at radius 3 is 2.61 bits per heavy atom. The molecule has 2 N–H and O–H groups in total. The minimum absolute atomic E-state index is 0.246. The third-order valence-electron chi connectivity index (χ3n) is 2.59. The SMILES string of the molecule is Cc1cnc(C(N)Cc2ccc(Br)cc2Cl)nc1. The molecule has 2 rings (SSSR count). The first-order valence-electron chi connectivity index (χ1n) is 5.54. The van der Waals surface area contributed by atoms with Crippen molar-refractivity contribution in [2.45, 2.75) is 19.4 Å². The topological polar surface area (TPSA) is 51.8 Å². The molecule has 1 aromatic heterocycles. The Labute approximate surface area is 120 Å². The molecule has 0 aliphatic heterocycles.